The highest BCUT2D eigenvalue weighted by Crippen LogP contribution is 2.30. The summed E-state index contributed by atoms with van der Waals surface area (Å²) in [6.07, 6.45) is 5.21. The van der Waals surface area contributed by atoms with Gasteiger partial charge in [0.25, 0.3) is 5.91 Å². The number of rotatable bonds is 7. The number of likely N-dealkylation sites (N-methyl/N-ethyl adjacent to an activating group) is 1. The molecule has 0 radical (unpaired) electrons. The smallest absolute Gasteiger partial charge is 0.255 e. The van der Waals surface area contributed by atoms with Crippen LogP contribution in [0.3, 0.4) is 0 Å². The summed E-state index contributed by atoms with van der Waals surface area (Å²) in [6.45, 7) is 7.00. The minimum atomic E-state index is -0.188. The Morgan fingerprint density at radius 2 is 1.77 bits per heavy atom. The number of halogens is 2. The highest BCUT2D eigenvalue weighted by molar-refractivity contribution is 9.11. The molecule has 0 bridgehead atoms. The summed E-state index contributed by atoms with van der Waals surface area (Å²) >= 11 is 7.39. The summed E-state index contributed by atoms with van der Waals surface area (Å²) in [5.41, 5.74) is 5.88. The number of aryl methyl sites for hydroxylation is 1. The molecule has 3 heterocycles. The Bertz CT molecular complexity index is 1450. The SMILES string of the molecule is Cc1ccc(NC(=O)c2cc(Br)c(CN3CCN(C)CC3)c(Br)c2)cc1Nc1nccc(-c2cccnc2)n1. The Labute approximate surface area is 245 Å². The molecular formula is C29H29Br2N7O. The average Bonchev–Trinajstić information content (AvgIpc) is 2.94. The first-order valence-electron chi connectivity index (χ1n) is 12.7. The van der Waals surface area contributed by atoms with Gasteiger partial charge in [-0.1, -0.05) is 37.9 Å². The summed E-state index contributed by atoms with van der Waals surface area (Å²) in [5.74, 6) is 0.277. The molecule has 1 amide bonds. The molecule has 1 saturated heterocycles. The van der Waals surface area contributed by atoms with E-state index < -0.39 is 0 Å². The van der Waals surface area contributed by atoms with Crippen LogP contribution in [0.25, 0.3) is 11.3 Å². The Kier molecular flexibility index (Phi) is 8.66. The van der Waals surface area contributed by atoms with Crippen molar-refractivity contribution in [2.24, 2.45) is 0 Å². The molecule has 1 aliphatic rings. The van der Waals surface area contributed by atoms with Gasteiger partial charge in [0.05, 0.1) is 5.69 Å². The summed E-state index contributed by atoms with van der Waals surface area (Å²) < 4.78 is 1.83. The molecule has 2 N–H and O–H groups in total. The minimum Gasteiger partial charge on any atom is -0.324 e. The van der Waals surface area contributed by atoms with Crippen LogP contribution in [-0.4, -0.2) is 63.9 Å². The van der Waals surface area contributed by atoms with E-state index in [0.29, 0.717) is 17.2 Å². The second-order valence-electron chi connectivity index (χ2n) is 9.61. The zero-order valence-corrected chi connectivity index (χ0v) is 25.0. The topological polar surface area (TPSA) is 86.3 Å². The minimum absolute atomic E-state index is 0.188. The molecule has 1 fully saturated rings. The first-order valence-corrected chi connectivity index (χ1v) is 14.3. The van der Waals surface area contributed by atoms with Crippen molar-refractivity contribution in [3.05, 3.63) is 92.8 Å². The normalized spacial score (nSPS) is 14.3. The Morgan fingerprint density at radius 1 is 1.00 bits per heavy atom. The third-order valence-electron chi connectivity index (χ3n) is 6.74. The van der Waals surface area contributed by atoms with Crippen LogP contribution in [0, 0.1) is 6.92 Å². The first-order chi connectivity index (χ1) is 18.9. The molecule has 0 unspecified atom stereocenters. The highest BCUT2D eigenvalue weighted by atomic mass is 79.9. The summed E-state index contributed by atoms with van der Waals surface area (Å²) in [6, 6.07) is 15.2. The number of hydrogen-bond acceptors (Lipinski definition) is 7. The number of carbonyl (C=O) groups excluding carboxylic acids is 1. The van der Waals surface area contributed by atoms with E-state index in [9.17, 15) is 4.79 Å². The molecule has 4 aromatic rings. The van der Waals surface area contributed by atoms with Gasteiger partial charge in [-0.3, -0.25) is 14.7 Å². The molecule has 0 saturated carbocycles. The molecule has 0 spiro atoms. The van der Waals surface area contributed by atoms with E-state index in [2.05, 4.69) is 74.3 Å². The van der Waals surface area contributed by atoms with Crippen molar-refractivity contribution >= 4 is 55.1 Å². The molecule has 2 aromatic heterocycles. The number of piperazine rings is 1. The second-order valence-corrected chi connectivity index (χ2v) is 11.3. The first kappa shape index (κ1) is 27.4. The van der Waals surface area contributed by atoms with E-state index in [0.717, 1.165) is 69.7 Å². The van der Waals surface area contributed by atoms with Crippen molar-refractivity contribution in [2.45, 2.75) is 13.5 Å². The van der Waals surface area contributed by atoms with Gasteiger partial charge in [0.2, 0.25) is 5.95 Å². The van der Waals surface area contributed by atoms with E-state index >= 15 is 0 Å². The number of benzene rings is 2. The fourth-order valence-corrected chi connectivity index (χ4v) is 5.80. The van der Waals surface area contributed by atoms with Gasteiger partial charge >= 0.3 is 0 Å². The number of amides is 1. The van der Waals surface area contributed by atoms with Gasteiger partial charge in [0, 0.05) is 82.8 Å². The summed E-state index contributed by atoms with van der Waals surface area (Å²) in [7, 11) is 2.15. The van der Waals surface area contributed by atoms with Crippen LogP contribution in [0.5, 0.6) is 0 Å². The molecule has 39 heavy (non-hydrogen) atoms. The van der Waals surface area contributed by atoms with Crippen LogP contribution in [0.2, 0.25) is 0 Å². The van der Waals surface area contributed by atoms with Gasteiger partial charge in [-0.15, -0.1) is 0 Å². The number of aromatic nitrogens is 3. The Balaban J connectivity index is 1.29. The van der Waals surface area contributed by atoms with Crippen molar-refractivity contribution in [3.63, 3.8) is 0 Å². The fraction of sp³-hybridized carbons (Fsp3) is 0.241. The van der Waals surface area contributed by atoms with Gasteiger partial charge < -0.3 is 15.5 Å². The second kappa shape index (κ2) is 12.3. The maximum absolute atomic E-state index is 13.2. The monoisotopic (exact) mass is 649 g/mol. The van der Waals surface area contributed by atoms with Gasteiger partial charge in [-0.05, 0) is 67.6 Å². The van der Waals surface area contributed by atoms with Crippen LogP contribution < -0.4 is 10.6 Å². The maximum Gasteiger partial charge on any atom is 0.255 e. The highest BCUT2D eigenvalue weighted by Gasteiger charge is 2.19. The fourth-order valence-electron chi connectivity index (χ4n) is 4.37. The van der Waals surface area contributed by atoms with E-state index in [1.165, 1.54) is 0 Å². The third kappa shape index (κ3) is 6.88. The largest absolute Gasteiger partial charge is 0.324 e. The lowest BCUT2D eigenvalue weighted by Crippen LogP contribution is -2.44. The van der Waals surface area contributed by atoms with Crippen LogP contribution in [0.15, 0.2) is 76.1 Å². The van der Waals surface area contributed by atoms with Crippen LogP contribution >= 0.6 is 31.9 Å². The predicted molar refractivity (Wildman–Crippen MR) is 162 cm³/mol. The molecule has 1 aliphatic heterocycles. The number of pyridine rings is 1. The van der Waals surface area contributed by atoms with Crippen molar-refractivity contribution < 1.29 is 4.79 Å². The van der Waals surface area contributed by atoms with E-state index in [1.54, 1.807) is 18.6 Å². The molecular weight excluding hydrogens is 622 g/mol. The molecule has 2 aromatic carbocycles. The predicted octanol–water partition coefficient (Wildman–Crippen LogP) is 6.12. The van der Waals surface area contributed by atoms with Gasteiger partial charge in [0.1, 0.15) is 0 Å². The number of hydrogen-bond donors (Lipinski definition) is 2. The number of nitrogens with zero attached hydrogens (tertiary/aromatic N) is 5. The number of carbonyl (C=O) groups is 1. The lowest BCUT2D eigenvalue weighted by atomic mass is 10.1. The molecule has 200 valence electrons. The average molecular weight is 651 g/mol. The van der Waals surface area contributed by atoms with Crippen molar-refractivity contribution in [2.75, 3.05) is 43.9 Å². The molecule has 10 heteroatoms. The molecule has 0 atom stereocenters. The van der Waals surface area contributed by atoms with E-state index in [4.69, 9.17) is 0 Å². The maximum atomic E-state index is 13.2. The number of nitrogens with one attached hydrogen (secondary N) is 2. The van der Waals surface area contributed by atoms with Crippen molar-refractivity contribution in [3.8, 4) is 11.3 Å². The van der Waals surface area contributed by atoms with Gasteiger partial charge in [0.15, 0.2) is 0 Å². The van der Waals surface area contributed by atoms with Crippen LogP contribution in [-0.2, 0) is 6.54 Å². The molecule has 0 aliphatic carbocycles. The lowest BCUT2D eigenvalue weighted by molar-refractivity contribution is 0.102. The van der Waals surface area contributed by atoms with Crippen LogP contribution in [0.1, 0.15) is 21.5 Å². The lowest BCUT2D eigenvalue weighted by Gasteiger charge is -2.32. The van der Waals surface area contributed by atoms with Gasteiger partial charge in [-0.2, -0.15) is 0 Å². The van der Waals surface area contributed by atoms with Gasteiger partial charge in [-0.25, -0.2) is 9.97 Å². The standard InChI is InChI=1S/C29H29Br2N7O/c1-19-5-6-22(16-27(19)36-29-33-9-7-26(35-29)20-4-3-8-32-17-20)34-28(39)21-14-24(30)23(25(31)15-21)18-38-12-10-37(2)11-13-38/h3-9,14-17H,10-13,18H2,1-2H3,(H,34,39)(H,33,35,36). The third-order valence-corrected chi connectivity index (χ3v) is 8.15. The van der Waals surface area contributed by atoms with Crippen molar-refractivity contribution in [1.82, 2.24) is 24.8 Å². The Morgan fingerprint density at radius 3 is 2.49 bits per heavy atom. The van der Waals surface area contributed by atoms with Crippen LogP contribution in [0.4, 0.5) is 17.3 Å². The number of anilines is 3. The molecule has 5 rings (SSSR count). The summed E-state index contributed by atoms with van der Waals surface area (Å²) in [4.78, 5) is 31.1. The quantitative estimate of drug-likeness (QED) is 0.249. The van der Waals surface area contributed by atoms with E-state index in [1.807, 2.05) is 55.5 Å². The zero-order valence-electron chi connectivity index (χ0n) is 21.8. The zero-order chi connectivity index (χ0) is 27.4. The van der Waals surface area contributed by atoms with Crippen molar-refractivity contribution in [1.29, 1.82) is 0 Å². The summed E-state index contributed by atoms with van der Waals surface area (Å²) in [5, 5.41) is 6.31. The van der Waals surface area contributed by atoms with E-state index in [-0.39, 0.29) is 5.91 Å². The Hall–Kier alpha value is -3.18. The molecule has 8 nitrogen and oxygen atoms in total.